The summed E-state index contributed by atoms with van der Waals surface area (Å²) < 4.78 is 22.7. The second-order valence-electron chi connectivity index (χ2n) is 5.56. The Morgan fingerprint density at radius 3 is 2.35 bits per heavy atom. The predicted molar refractivity (Wildman–Crippen MR) is 72.7 cm³/mol. The molecule has 0 aromatic heterocycles. The molecule has 17 heavy (non-hydrogen) atoms. The number of rotatable bonds is 6. The average Bonchev–Trinajstić information content (AvgIpc) is 2.29. The van der Waals surface area contributed by atoms with Gasteiger partial charge in [-0.1, -0.05) is 26.7 Å². The highest BCUT2D eigenvalue weighted by Crippen LogP contribution is 2.30. The lowest BCUT2D eigenvalue weighted by atomic mass is 9.78. The predicted octanol–water partition coefficient (Wildman–Crippen LogP) is 2.35. The molecule has 1 fully saturated rings. The van der Waals surface area contributed by atoms with E-state index in [4.69, 9.17) is 5.73 Å². The molecule has 1 atom stereocenters. The van der Waals surface area contributed by atoms with Gasteiger partial charge in [0.1, 0.15) is 9.84 Å². The van der Waals surface area contributed by atoms with Crippen LogP contribution in [0.2, 0.25) is 0 Å². The van der Waals surface area contributed by atoms with Gasteiger partial charge >= 0.3 is 0 Å². The molecular weight excluding hydrogens is 234 g/mol. The van der Waals surface area contributed by atoms with Gasteiger partial charge in [-0.05, 0) is 37.5 Å². The summed E-state index contributed by atoms with van der Waals surface area (Å²) in [4.78, 5) is 0. The fraction of sp³-hybridized carbons (Fsp3) is 1.00. The van der Waals surface area contributed by atoms with Crippen LogP contribution in [-0.2, 0) is 9.84 Å². The first kappa shape index (κ1) is 15.0. The summed E-state index contributed by atoms with van der Waals surface area (Å²) in [5, 5.41) is 0. The van der Waals surface area contributed by atoms with Gasteiger partial charge in [-0.25, -0.2) is 8.42 Å². The van der Waals surface area contributed by atoms with Crippen molar-refractivity contribution in [1.82, 2.24) is 0 Å². The molecule has 1 rings (SSSR count). The smallest absolute Gasteiger partial charge is 0.150 e. The van der Waals surface area contributed by atoms with E-state index in [1.54, 1.807) is 6.92 Å². The van der Waals surface area contributed by atoms with Crippen molar-refractivity contribution in [3.05, 3.63) is 0 Å². The monoisotopic (exact) mass is 261 g/mol. The second kappa shape index (κ2) is 6.74. The zero-order valence-corrected chi connectivity index (χ0v) is 12.0. The zero-order valence-electron chi connectivity index (χ0n) is 11.2. The lowest BCUT2D eigenvalue weighted by Gasteiger charge is -2.30. The first-order valence-corrected chi connectivity index (χ1v) is 8.72. The van der Waals surface area contributed by atoms with E-state index in [2.05, 4.69) is 6.92 Å². The third-order valence-corrected chi connectivity index (χ3v) is 5.89. The molecule has 0 aromatic rings. The Bertz CT molecular complexity index is 305. The van der Waals surface area contributed by atoms with Crippen LogP contribution >= 0.6 is 0 Å². The van der Waals surface area contributed by atoms with Gasteiger partial charge in [-0.3, -0.25) is 0 Å². The summed E-state index contributed by atoms with van der Waals surface area (Å²) in [7, 11) is -2.81. The van der Waals surface area contributed by atoms with Crippen LogP contribution in [0.15, 0.2) is 0 Å². The highest BCUT2D eigenvalue weighted by molar-refractivity contribution is 7.91. The molecule has 102 valence electrons. The van der Waals surface area contributed by atoms with Crippen LogP contribution in [0, 0.1) is 11.8 Å². The first-order valence-electron chi connectivity index (χ1n) is 6.90. The van der Waals surface area contributed by atoms with Crippen molar-refractivity contribution >= 4 is 9.84 Å². The van der Waals surface area contributed by atoms with Gasteiger partial charge in [-0.2, -0.15) is 0 Å². The highest BCUT2D eigenvalue weighted by atomic mass is 32.2. The highest BCUT2D eigenvalue weighted by Gasteiger charge is 2.23. The van der Waals surface area contributed by atoms with Crippen molar-refractivity contribution in [1.29, 1.82) is 0 Å². The van der Waals surface area contributed by atoms with Crippen LogP contribution < -0.4 is 5.73 Å². The Balaban J connectivity index is 2.23. The van der Waals surface area contributed by atoms with Crippen molar-refractivity contribution in [3.63, 3.8) is 0 Å². The SMILES string of the molecule is CCS(=O)(=O)CCCC(N)C1CCC(C)CC1. The molecule has 0 saturated heterocycles. The molecule has 1 aliphatic carbocycles. The summed E-state index contributed by atoms with van der Waals surface area (Å²) in [5.41, 5.74) is 6.17. The van der Waals surface area contributed by atoms with Gasteiger partial charge in [0.25, 0.3) is 0 Å². The minimum Gasteiger partial charge on any atom is -0.327 e. The fourth-order valence-electron chi connectivity index (χ4n) is 2.63. The largest absolute Gasteiger partial charge is 0.327 e. The average molecular weight is 261 g/mol. The molecule has 0 aromatic carbocycles. The maximum absolute atomic E-state index is 11.4. The van der Waals surface area contributed by atoms with Gasteiger partial charge in [-0.15, -0.1) is 0 Å². The maximum Gasteiger partial charge on any atom is 0.150 e. The standard InChI is InChI=1S/C13H27NO2S/c1-3-17(15,16)10-4-5-13(14)12-8-6-11(2)7-9-12/h11-13H,3-10,14H2,1-2H3. The topological polar surface area (TPSA) is 60.2 Å². The van der Waals surface area contributed by atoms with Crippen molar-refractivity contribution in [3.8, 4) is 0 Å². The third-order valence-electron chi connectivity index (χ3n) is 4.10. The molecule has 0 bridgehead atoms. The fourth-order valence-corrected chi connectivity index (χ4v) is 3.53. The van der Waals surface area contributed by atoms with Crippen LogP contribution in [-0.4, -0.2) is 26.0 Å². The summed E-state index contributed by atoms with van der Waals surface area (Å²) in [6.45, 7) is 4.01. The molecule has 4 heteroatoms. The van der Waals surface area contributed by atoms with E-state index in [1.807, 2.05) is 0 Å². The van der Waals surface area contributed by atoms with E-state index < -0.39 is 9.84 Å². The quantitative estimate of drug-likeness (QED) is 0.798. The van der Waals surface area contributed by atoms with Gasteiger partial charge in [0, 0.05) is 11.8 Å². The normalized spacial score (nSPS) is 27.9. The number of hydrogen-bond donors (Lipinski definition) is 1. The molecule has 2 N–H and O–H groups in total. The summed E-state index contributed by atoms with van der Waals surface area (Å²) in [5.74, 6) is 2.03. The molecule has 1 aliphatic rings. The van der Waals surface area contributed by atoms with Crippen LogP contribution in [0.1, 0.15) is 52.4 Å². The minimum atomic E-state index is -2.81. The van der Waals surface area contributed by atoms with E-state index in [0.717, 1.165) is 18.8 Å². The lowest BCUT2D eigenvalue weighted by molar-refractivity contribution is 0.247. The zero-order chi connectivity index (χ0) is 12.9. The molecule has 0 amide bonds. The Morgan fingerprint density at radius 2 is 1.82 bits per heavy atom. The Hall–Kier alpha value is -0.0900. The van der Waals surface area contributed by atoms with Crippen LogP contribution in [0.25, 0.3) is 0 Å². The summed E-state index contributed by atoms with van der Waals surface area (Å²) in [6.07, 6.45) is 6.60. The van der Waals surface area contributed by atoms with Crippen molar-refractivity contribution < 1.29 is 8.42 Å². The van der Waals surface area contributed by atoms with E-state index in [9.17, 15) is 8.42 Å². The van der Waals surface area contributed by atoms with Crippen molar-refractivity contribution in [2.45, 2.75) is 58.4 Å². The van der Waals surface area contributed by atoms with Crippen molar-refractivity contribution in [2.24, 2.45) is 17.6 Å². The first-order chi connectivity index (χ1) is 7.94. The Kier molecular flexibility index (Phi) is 5.93. The van der Waals surface area contributed by atoms with Gasteiger partial charge in [0.05, 0.1) is 5.75 Å². The van der Waals surface area contributed by atoms with E-state index in [-0.39, 0.29) is 11.8 Å². The van der Waals surface area contributed by atoms with E-state index >= 15 is 0 Å². The Labute approximate surface area is 106 Å². The molecule has 1 saturated carbocycles. The molecule has 1 unspecified atom stereocenters. The third kappa shape index (κ3) is 5.38. The molecule has 3 nitrogen and oxygen atoms in total. The van der Waals surface area contributed by atoms with Crippen LogP contribution in [0.4, 0.5) is 0 Å². The molecule has 0 spiro atoms. The van der Waals surface area contributed by atoms with Crippen LogP contribution in [0.5, 0.6) is 0 Å². The minimum absolute atomic E-state index is 0.203. The van der Waals surface area contributed by atoms with Crippen LogP contribution in [0.3, 0.4) is 0 Å². The van der Waals surface area contributed by atoms with Gasteiger partial charge < -0.3 is 5.73 Å². The molecule has 0 heterocycles. The summed E-state index contributed by atoms with van der Waals surface area (Å²) >= 11 is 0. The second-order valence-corrected chi connectivity index (χ2v) is 8.04. The lowest BCUT2D eigenvalue weighted by Crippen LogP contribution is -2.33. The number of hydrogen-bond acceptors (Lipinski definition) is 3. The van der Waals surface area contributed by atoms with Gasteiger partial charge in [0.2, 0.25) is 0 Å². The number of sulfone groups is 1. The summed E-state index contributed by atoms with van der Waals surface area (Å²) in [6, 6.07) is 0.203. The molecular formula is C13H27NO2S. The Morgan fingerprint density at radius 1 is 1.24 bits per heavy atom. The molecule has 0 aliphatic heterocycles. The number of nitrogens with two attached hydrogens (primary N) is 1. The van der Waals surface area contributed by atoms with E-state index in [1.165, 1.54) is 25.7 Å². The molecule has 0 radical (unpaired) electrons. The maximum atomic E-state index is 11.4. The van der Waals surface area contributed by atoms with Crippen molar-refractivity contribution in [2.75, 3.05) is 11.5 Å². The van der Waals surface area contributed by atoms with Gasteiger partial charge in [0.15, 0.2) is 0 Å². The van der Waals surface area contributed by atoms with E-state index in [0.29, 0.717) is 11.7 Å².